The van der Waals surface area contributed by atoms with Crippen LogP contribution in [0.3, 0.4) is 0 Å². The number of carbonyl (C=O) groups is 1. The second-order valence-corrected chi connectivity index (χ2v) is 7.21. The molecule has 1 heterocycles. The molecule has 4 aromatic rings. The third-order valence-corrected chi connectivity index (χ3v) is 5.21. The number of ether oxygens (including phenoxy) is 3. The number of ketones is 1. The van der Waals surface area contributed by atoms with Crippen LogP contribution in [0.2, 0.25) is 0 Å². The quantitative estimate of drug-likeness (QED) is 0.269. The van der Waals surface area contributed by atoms with Crippen LogP contribution in [-0.2, 0) is 0 Å². The van der Waals surface area contributed by atoms with E-state index in [4.69, 9.17) is 19.3 Å². The molecule has 0 atom stereocenters. The summed E-state index contributed by atoms with van der Waals surface area (Å²) in [4.78, 5) is 13.0. The van der Waals surface area contributed by atoms with Crippen molar-refractivity contribution in [2.75, 3.05) is 21.3 Å². The molecule has 0 unspecified atom stereocenters. The normalized spacial score (nSPS) is 10.9. The van der Waals surface area contributed by atoms with Crippen molar-refractivity contribution in [1.29, 1.82) is 0 Å². The van der Waals surface area contributed by atoms with Crippen LogP contribution in [0.4, 0.5) is 0 Å². The maximum atomic E-state index is 13.0. The Morgan fingerprint density at radius 1 is 0.848 bits per heavy atom. The van der Waals surface area contributed by atoms with Crippen molar-refractivity contribution in [2.45, 2.75) is 0 Å². The van der Waals surface area contributed by atoms with E-state index in [0.29, 0.717) is 17.1 Å². The fourth-order valence-electron chi connectivity index (χ4n) is 3.46. The van der Waals surface area contributed by atoms with Crippen molar-refractivity contribution in [1.82, 2.24) is 9.78 Å². The Morgan fingerprint density at radius 2 is 1.55 bits per heavy atom. The van der Waals surface area contributed by atoms with E-state index in [1.165, 1.54) is 13.2 Å². The summed E-state index contributed by atoms with van der Waals surface area (Å²) >= 11 is 0. The highest BCUT2D eigenvalue weighted by Crippen LogP contribution is 2.28. The lowest BCUT2D eigenvalue weighted by atomic mass is 10.1. The van der Waals surface area contributed by atoms with Crippen molar-refractivity contribution in [2.24, 2.45) is 0 Å². The van der Waals surface area contributed by atoms with Gasteiger partial charge in [0.2, 0.25) is 0 Å². The molecule has 1 aromatic heterocycles. The zero-order valence-corrected chi connectivity index (χ0v) is 18.7. The molecular formula is C27H24N2O4. The van der Waals surface area contributed by atoms with E-state index in [-0.39, 0.29) is 5.78 Å². The zero-order chi connectivity index (χ0) is 23.2. The molecule has 166 valence electrons. The zero-order valence-electron chi connectivity index (χ0n) is 18.7. The highest BCUT2D eigenvalue weighted by Gasteiger charge is 2.14. The highest BCUT2D eigenvalue weighted by atomic mass is 16.5. The first kappa shape index (κ1) is 21.9. The van der Waals surface area contributed by atoms with Crippen LogP contribution >= 0.6 is 0 Å². The SMILES string of the molecule is COc1ccc(-c2nn(-c3ccccc3)cc2/C=C/C(=O)c2cc(OC)ccc2OC)cc1. The van der Waals surface area contributed by atoms with Gasteiger partial charge in [0.15, 0.2) is 5.78 Å². The fraction of sp³-hybridized carbons (Fsp3) is 0.111. The number of benzene rings is 3. The smallest absolute Gasteiger partial charge is 0.189 e. The first-order valence-electron chi connectivity index (χ1n) is 10.4. The molecule has 0 amide bonds. The van der Waals surface area contributed by atoms with Gasteiger partial charge in [0.05, 0.1) is 38.3 Å². The highest BCUT2D eigenvalue weighted by molar-refractivity contribution is 6.09. The monoisotopic (exact) mass is 440 g/mol. The number of carbonyl (C=O) groups excluding carboxylic acids is 1. The molecule has 6 heteroatoms. The Labute approximate surface area is 192 Å². The number of methoxy groups -OCH3 is 3. The lowest BCUT2D eigenvalue weighted by Crippen LogP contribution is -1.99. The van der Waals surface area contributed by atoms with E-state index in [1.807, 2.05) is 60.8 Å². The minimum atomic E-state index is -0.195. The number of nitrogens with zero attached hydrogens (tertiary/aromatic N) is 2. The molecule has 0 fully saturated rings. The molecule has 0 bridgehead atoms. The fourth-order valence-corrected chi connectivity index (χ4v) is 3.46. The van der Waals surface area contributed by atoms with Gasteiger partial charge < -0.3 is 14.2 Å². The third-order valence-electron chi connectivity index (χ3n) is 5.21. The summed E-state index contributed by atoms with van der Waals surface area (Å²) in [6.45, 7) is 0. The molecule has 6 nitrogen and oxygen atoms in total. The van der Waals surface area contributed by atoms with Crippen LogP contribution in [0.5, 0.6) is 17.2 Å². The number of para-hydroxylation sites is 1. The van der Waals surface area contributed by atoms with Crippen LogP contribution in [0.25, 0.3) is 23.0 Å². The molecule has 0 saturated carbocycles. The average molecular weight is 440 g/mol. The van der Waals surface area contributed by atoms with E-state index in [9.17, 15) is 4.79 Å². The second-order valence-electron chi connectivity index (χ2n) is 7.21. The van der Waals surface area contributed by atoms with Crippen LogP contribution in [0.15, 0.2) is 85.1 Å². The lowest BCUT2D eigenvalue weighted by molar-refractivity contribution is 0.104. The molecule has 33 heavy (non-hydrogen) atoms. The summed E-state index contributed by atoms with van der Waals surface area (Å²) in [6, 6.07) is 22.6. The van der Waals surface area contributed by atoms with E-state index >= 15 is 0 Å². The summed E-state index contributed by atoms with van der Waals surface area (Å²) in [7, 11) is 4.73. The first-order chi connectivity index (χ1) is 16.1. The summed E-state index contributed by atoms with van der Waals surface area (Å²) in [5, 5.41) is 4.79. The Morgan fingerprint density at radius 3 is 2.21 bits per heavy atom. The van der Waals surface area contributed by atoms with E-state index in [2.05, 4.69) is 0 Å². The summed E-state index contributed by atoms with van der Waals surface area (Å²) < 4.78 is 17.7. The van der Waals surface area contributed by atoms with Gasteiger partial charge in [-0.05, 0) is 66.7 Å². The van der Waals surface area contributed by atoms with Gasteiger partial charge in [-0.15, -0.1) is 0 Å². The van der Waals surface area contributed by atoms with Crippen molar-refractivity contribution in [3.05, 3.63) is 96.2 Å². The number of rotatable bonds is 8. The number of allylic oxidation sites excluding steroid dienone is 1. The Bertz CT molecular complexity index is 1280. The van der Waals surface area contributed by atoms with Crippen LogP contribution in [0, 0.1) is 0 Å². The van der Waals surface area contributed by atoms with Crippen molar-refractivity contribution >= 4 is 11.9 Å². The molecule has 0 aliphatic rings. The largest absolute Gasteiger partial charge is 0.497 e. The van der Waals surface area contributed by atoms with Crippen molar-refractivity contribution < 1.29 is 19.0 Å². The summed E-state index contributed by atoms with van der Waals surface area (Å²) in [6.07, 6.45) is 5.20. The van der Waals surface area contributed by atoms with Gasteiger partial charge in [-0.2, -0.15) is 5.10 Å². The van der Waals surface area contributed by atoms with E-state index < -0.39 is 0 Å². The molecule has 0 aliphatic heterocycles. The Kier molecular flexibility index (Phi) is 6.55. The standard InChI is InChI=1S/C27H24N2O4/c1-31-22-12-9-19(10-13-22)27-20(18-29(28-27)21-7-5-4-6-8-21)11-15-25(30)24-17-23(32-2)14-16-26(24)33-3/h4-18H,1-3H3/b15-11+. The molecule has 0 N–H and O–H groups in total. The van der Waals surface area contributed by atoms with Gasteiger partial charge in [0.25, 0.3) is 0 Å². The van der Waals surface area contributed by atoms with E-state index in [1.54, 1.807) is 43.2 Å². The van der Waals surface area contributed by atoms with Gasteiger partial charge in [0, 0.05) is 17.3 Å². The summed E-state index contributed by atoms with van der Waals surface area (Å²) in [5.41, 5.74) is 3.82. The van der Waals surface area contributed by atoms with Gasteiger partial charge in [0.1, 0.15) is 17.2 Å². The Hall–Kier alpha value is -4.32. The first-order valence-corrected chi connectivity index (χ1v) is 10.4. The Balaban J connectivity index is 1.73. The topological polar surface area (TPSA) is 62.6 Å². The van der Waals surface area contributed by atoms with E-state index in [0.717, 1.165) is 28.3 Å². The van der Waals surface area contributed by atoms with Gasteiger partial charge >= 0.3 is 0 Å². The van der Waals surface area contributed by atoms with Crippen molar-refractivity contribution in [3.8, 4) is 34.2 Å². The molecule has 0 spiro atoms. The predicted octanol–water partition coefficient (Wildman–Crippen LogP) is 5.46. The molecule has 3 aromatic carbocycles. The minimum Gasteiger partial charge on any atom is -0.497 e. The van der Waals surface area contributed by atoms with Gasteiger partial charge in [-0.3, -0.25) is 4.79 Å². The molecular weight excluding hydrogens is 416 g/mol. The summed E-state index contributed by atoms with van der Waals surface area (Å²) in [5.74, 6) is 1.64. The third kappa shape index (κ3) is 4.80. The predicted molar refractivity (Wildman–Crippen MR) is 128 cm³/mol. The van der Waals surface area contributed by atoms with Crippen LogP contribution < -0.4 is 14.2 Å². The number of hydrogen-bond donors (Lipinski definition) is 0. The van der Waals surface area contributed by atoms with Crippen LogP contribution in [-0.4, -0.2) is 36.9 Å². The molecule has 0 radical (unpaired) electrons. The van der Waals surface area contributed by atoms with Crippen molar-refractivity contribution in [3.63, 3.8) is 0 Å². The minimum absolute atomic E-state index is 0.195. The maximum absolute atomic E-state index is 13.0. The second kappa shape index (κ2) is 9.87. The average Bonchev–Trinajstić information content (AvgIpc) is 3.31. The molecule has 4 rings (SSSR count). The number of aromatic nitrogens is 2. The molecule has 0 aliphatic carbocycles. The maximum Gasteiger partial charge on any atom is 0.189 e. The molecule has 0 saturated heterocycles. The van der Waals surface area contributed by atoms with Gasteiger partial charge in [-0.1, -0.05) is 18.2 Å². The van der Waals surface area contributed by atoms with Crippen LogP contribution in [0.1, 0.15) is 15.9 Å². The number of hydrogen-bond acceptors (Lipinski definition) is 5. The lowest BCUT2D eigenvalue weighted by Gasteiger charge is -2.07. The van der Waals surface area contributed by atoms with Gasteiger partial charge in [-0.25, -0.2) is 4.68 Å².